The Hall–Kier alpha value is -2.44. The molecule has 0 N–H and O–H groups in total. The van der Waals surface area contributed by atoms with E-state index in [2.05, 4.69) is 15.1 Å². The van der Waals surface area contributed by atoms with Crippen molar-refractivity contribution in [2.45, 2.75) is 32.1 Å². The Morgan fingerprint density at radius 3 is 3.13 bits per heavy atom. The maximum absolute atomic E-state index is 12.3. The van der Waals surface area contributed by atoms with Crippen LogP contribution in [0.1, 0.15) is 36.0 Å². The summed E-state index contributed by atoms with van der Waals surface area (Å²) in [6.45, 7) is 3.39. The lowest BCUT2D eigenvalue weighted by molar-refractivity contribution is -0.130. The van der Waals surface area contributed by atoms with E-state index in [1.807, 2.05) is 17.9 Å². The summed E-state index contributed by atoms with van der Waals surface area (Å²) in [7, 11) is 1.53. The number of rotatable bonds is 5. The van der Waals surface area contributed by atoms with E-state index >= 15 is 0 Å². The van der Waals surface area contributed by atoms with Crippen molar-refractivity contribution in [3.05, 3.63) is 35.6 Å². The normalized spacial score (nSPS) is 17.5. The van der Waals surface area contributed by atoms with Crippen molar-refractivity contribution < 1.29 is 14.1 Å². The number of nitrogens with zero attached hydrogens (tertiary/aromatic N) is 4. The Balaban J connectivity index is 1.53. The van der Waals surface area contributed by atoms with E-state index in [1.165, 1.54) is 7.11 Å². The molecule has 7 heteroatoms. The molecule has 0 bridgehead atoms. The number of aromatic nitrogens is 3. The van der Waals surface area contributed by atoms with Gasteiger partial charge in [-0.05, 0) is 24.6 Å². The van der Waals surface area contributed by atoms with Gasteiger partial charge in [-0.3, -0.25) is 4.79 Å². The second-order valence-corrected chi connectivity index (χ2v) is 5.72. The first-order valence-corrected chi connectivity index (χ1v) is 7.72. The van der Waals surface area contributed by atoms with E-state index in [-0.39, 0.29) is 11.8 Å². The molecule has 0 spiro atoms. The van der Waals surface area contributed by atoms with Gasteiger partial charge in [-0.2, -0.15) is 0 Å². The number of amides is 1. The van der Waals surface area contributed by atoms with Gasteiger partial charge in [0.2, 0.25) is 5.91 Å². The molecule has 0 saturated carbocycles. The van der Waals surface area contributed by atoms with Crippen LogP contribution in [0, 0.1) is 6.92 Å². The zero-order valence-corrected chi connectivity index (χ0v) is 13.4. The van der Waals surface area contributed by atoms with Gasteiger partial charge in [0.05, 0.1) is 7.11 Å². The summed E-state index contributed by atoms with van der Waals surface area (Å²) in [6.07, 6.45) is 3.61. The van der Waals surface area contributed by atoms with Gasteiger partial charge < -0.3 is 14.2 Å². The molecule has 1 aliphatic heterocycles. The van der Waals surface area contributed by atoms with Crippen LogP contribution in [0.25, 0.3) is 0 Å². The number of hydrogen-bond acceptors (Lipinski definition) is 6. The van der Waals surface area contributed by atoms with Gasteiger partial charge in [-0.15, -0.1) is 0 Å². The third kappa shape index (κ3) is 3.67. The first-order valence-electron chi connectivity index (χ1n) is 7.72. The summed E-state index contributed by atoms with van der Waals surface area (Å²) >= 11 is 0. The highest BCUT2D eigenvalue weighted by atomic mass is 16.5. The molecule has 2 aromatic heterocycles. The second-order valence-electron chi connectivity index (χ2n) is 5.72. The van der Waals surface area contributed by atoms with Crippen LogP contribution >= 0.6 is 0 Å². The number of carbonyl (C=O) groups excluding carboxylic acids is 1. The molecule has 1 aliphatic rings. The largest absolute Gasteiger partial charge is 0.479 e. The van der Waals surface area contributed by atoms with Crippen molar-refractivity contribution in [3.63, 3.8) is 0 Å². The average molecular weight is 316 g/mol. The number of hydrogen-bond donors (Lipinski definition) is 0. The van der Waals surface area contributed by atoms with E-state index < -0.39 is 0 Å². The number of ether oxygens (including phenoxy) is 1. The van der Waals surface area contributed by atoms with Gasteiger partial charge in [-0.1, -0.05) is 0 Å². The molecule has 122 valence electrons. The van der Waals surface area contributed by atoms with Crippen molar-refractivity contribution in [2.24, 2.45) is 0 Å². The number of aryl methyl sites for hydroxylation is 2. The van der Waals surface area contributed by atoms with Crippen LogP contribution in [0.2, 0.25) is 0 Å². The molecule has 3 heterocycles. The van der Waals surface area contributed by atoms with Crippen molar-refractivity contribution in [2.75, 3.05) is 20.2 Å². The number of methoxy groups -OCH3 is 1. The Bertz CT molecular complexity index is 685. The standard InChI is InChI=1S/C16H20N4O3/c1-11-5-7-17-16(18-11)12-6-8-20(10-12)15(21)4-3-13-9-14(22-2)19-23-13/h5,7,9,12H,3-4,6,8,10H2,1-2H3/t12-/m1/s1. The van der Waals surface area contributed by atoms with E-state index in [0.29, 0.717) is 31.0 Å². The number of likely N-dealkylation sites (tertiary alicyclic amines) is 1. The molecule has 1 fully saturated rings. The quantitative estimate of drug-likeness (QED) is 0.835. The third-order valence-corrected chi connectivity index (χ3v) is 4.05. The molecule has 0 radical (unpaired) electrons. The summed E-state index contributed by atoms with van der Waals surface area (Å²) in [4.78, 5) is 23.0. The fourth-order valence-corrected chi connectivity index (χ4v) is 2.76. The maximum atomic E-state index is 12.3. The Morgan fingerprint density at radius 2 is 2.39 bits per heavy atom. The fraction of sp³-hybridized carbons (Fsp3) is 0.500. The Morgan fingerprint density at radius 1 is 1.52 bits per heavy atom. The minimum atomic E-state index is 0.121. The lowest BCUT2D eigenvalue weighted by Crippen LogP contribution is -2.28. The monoisotopic (exact) mass is 316 g/mol. The predicted octanol–water partition coefficient (Wildman–Crippen LogP) is 1.73. The zero-order chi connectivity index (χ0) is 16.2. The van der Waals surface area contributed by atoms with Gasteiger partial charge >= 0.3 is 0 Å². The topological polar surface area (TPSA) is 81.4 Å². The van der Waals surface area contributed by atoms with Crippen LogP contribution in [-0.2, 0) is 11.2 Å². The lowest BCUT2D eigenvalue weighted by atomic mass is 10.1. The Kier molecular flexibility index (Phi) is 4.55. The summed E-state index contributed by atoms with van der Waals surface area (Å²) in [5.41, 5.74) is 0.957. The van der Waals surface area contributed by atoms with Gasteiger partial charge in [-0.25, -0.2) is 9.97 Å². The van der Waals surface area contributed by atoms with E-state index in [1.54, 1.807) is 12.3 Å². The van der Waals surface area contributed by atoms with Crippen molar-refractivity contribution >= 4 is 5.91 Å². The van der Waals surface area contributed by atoms with E-state index in [9.17, 15) is 4.79 Å². The first-order chi connectivity index (χ1) is 11.2. The van der Waals surface area contributed by atoms with Crippen LogP contribution < -0.4 is 4.74 Å². The van der Waals surface area contributed by atoms with Crippen LogP contribution in [-0.4, -0.2) is 46.1 Å². The highest BCUT2D eigenvalue weighted by Gasteiger charge is 2.28. The molecule has 0 aromatic carbocycles. The van der Waals surface area contributed by atoms with Gasteiger partial charge in [0.25, 0.3) is 5.88 Å². The molecule has 1 atom stereocenters. The lowest BCUT2D eigenvalue weighted by Gasteiger charge is -2.15. The van der Waals surface area contributed by atoms with Crippen LogP contribution in [0.3, 0.4) is 0 Å². The molecular formula is C16H20N4O3. The zero-order valence-electron chi connectivity index (χ0n) is 13.4. The van der Waals surface area contributed by atoms with Gasteiger partial charge in [0, 0.05) is 49.8 Å². The van der Waals surface area contributed by atoms with Crippen molar-refractivity contribution in [3.8, 4) is 5.88 Å². The van der Waals surface area contributed by atoms with Gasteiger partial charge in [0.15, 0.2) is 0 Å². The molecule has 1 amide bonds. The molecule has 2 aromatic rings. The summed E-state index contributed by atoms with van der Waals surface area (Å²) in [5, 5.41) is 3.73. The highest BCUT2D eigenvalue weighted by molar-refractivity contribution is 5.76. The number of carbonyl (C=O) groups is 1. The smallest absolute Gasteiger partial charge is 0.254 e. The van der Waals surface area contributed by atoms with Gasteiger partial charge in [0.1, 0.15) is 11.6 Å². The molecule has 1 saturated heterocycles. The molecule has 3 rings (SSSR count). The van der Waals surface area contributed by atoms with Crippen molar-refractivity contribution in [1.29, 1.82) is 0 Å². The molecule has 0 aliphatic carbocycles. The predicted molar refractivity (Wildman–Crippen MR) is 82.1 cm³/mol. The van der Waals surface area contributed by atoms with Crippen LogP contribution in [0.15, 0.2) is 22.9 Å². The molecular weight excluding hydrogens is 296 g/mol. The minimum absolute atomic E-state index is 0.121. The summed E-state index contributed by atoms with van der Waals surface area (Å²) < 4.78 is 10.1. The van der Waals surface area contributed by atoms with E-state index in [4.69, 9.17) is 9.26 Å². The van der Waals surface area contributed by atoms with Crippen LogP contribution in [0.5, 0.6) is 5.88 Å². The highest BCUT2D eigenvalue weighted by Crippen LogP contribution is 2.25. The Labute approximate surface area is 134 Å². The molecule has 0 unspecified atom stereocenters. The van der Waals surface area contributed by atoms with E-state index in [0.717, 1.165) is 24.5 Å². The third-order valence-electron chi connectivity index (χ3n) is 4.05. The first kappa shape index (κ1) is 15.5. The molecule has 7 nitrogen and oxygen atoms in total. The maximum Gasteiger partial charge on any atom is 0.254 e. The van der Waals surface area contributed by atoms with Crippen LogP contribution in [0.4, 0.5) is 0 Å². The SMILES string of the molecule is COc1cc(CCC(=O)N2CC[C@@H](c3nccc(C)n3)C2)on1. The average Bonchev–Trinajstić information content (AvgIpc) is 3.22. The second kappa shape index (κ2) is 6.76. The fourth-order valence-electron chi connectivity index (χ4n) is 2.76. The summed E-state index contributed by atoms with van der Waals surface area (Å²) in [6, 6.07) is 3.59. The van der Waals surface area contributed by atoms with Crippen molar-refractivity contribution in [1.82, 2.24) is 20.0 Å². The minimum Gasteiger partial charge on any atom is -0.479 e. The molecule has 23 heavy (non-hydrogen) atoms. The summed E-state index contributed by atoms with van der Waals surface area (Å²) in [5.74, 6) is 2.28.